The first kappa shape index (κ1) is 14.7. The van der Waals surface area contributed by atoms with Gasteiger partial charge >= 0.3 is 0 Å². The first-order valence-corrected chi connectivity index (χ1v) is 6.58. The molecule has 20 heavy (non-hydrogen) atoms. The molecule has 0 aromatic heterocycles. The molecule has 0 saturated heterocycles. The number of carbonyl (C=O) groups is 1. The maximum Gasteiger partial charge on any atom is 0.243 e. The third-order valence-corrected chi connectivity index (χ3v) is 3.06. The van der Waals surface area contributed by atoms with E-state index in [1.165, 1.54) is 25.3 Å². The number of ether oxygens (including phenoxy) is 2. The van der Waals surface area contributed by atoms with E-state index in [2.05, 4.69) is 5.32 Å². The summed E-state index contributed by atoms with van der Waals surface area (Å²) >= 11 is 0. The molecule has 0 heterocycles. The Kier molecular flexibility index (Phi) is 4.92. The van der Waals surface area contributed by atoms with Crippen LogP contribution in [-0.4, -0.2) is 32.3 Å². The summed E-state index contributed by atoms with van der Waals surface area (Å²) in [6.45, 7) is 0.655. The fourth-order valence-electron chi connectivity index (χ4n) is 1.69. The highest BCUT2D eigenvalue weighted by atomic mass is 19.1. The number of hydrogen-bond donors (Lipinski definition) is 2. The van der Waals surface area contributed by atoms with Crippen LogP contribution in [-0.2, 0) is 9.53 Å². The van der Waals surface area contributed by atoms with Gasteiger partial charge in [-0.15, -0.1) is 0 Å². The molecule has 1 saturated carbocycles. The standard InChI is InChI=1S/C14H19FN2O3/c1-19-8-11(16)14(18)17-12-5-4-10(15)6-13(12)20-7-9-2-3-9/h4-6,9,11H,2-3,7-8,16H2,1H3,(H,17,18). The topological polar surface area (TPSA) is 73.6 Å². The van der Waals surface area contributed by atoms with Gasteiger partial charge in [-0.2, -0.15) is 0 Å². The van der Waals surface area contributed by atoms with Crippen molar-refractivity contribution in [3.05, 3.63) is 24.0 Å². The summed E-state index contributed by atoms with van der Waals surface area (Å²) < 4.78 is 23.6. The number of methoxy groups -OCH3 is 1. The molecule has 1 aromatic rings. The molecule has 1 aromatic carbocycles. The number of carbonyl (C=O) groups excluding carboxylic acids is 1. The van der Waals surface area contributed by atoms with E-state index in [-0.39, 0.29) is 6.61 Å². The highest BCUT2D eigenvalue weighted by Crippen LogP contribution is 2.32. The van der Waals surface area contributed by atoms with Crippen molar-refractivity contribution in [2.75, 3.05) is 25.6 Å². The number of amides is 1. The average molecular weight is 282 g/mol. The zero-order chi connectivity index (χ0) is 14.5. The predicted octanol–water partition coefficient (Wildman–Crippen LogP) is 1.53. The van der Waals surface area contributed by atoms with Crippen LogP contribution in [0.3, 0.4) is 0 Å². The Balaban J connectivity index is 2.02. The van der Waals surface area contributed by atoms with Crippen molar-refractivity contribution >= 4 is 11.6 Å². The van der Waals surface area contributed by atoms with Crippen LogP contribution in [0.4, 0.5) is 10.1 Å². The second-order valence-corrected chi connectivity index (χ2v) is 4.95. The smallest absolute Gasteiger partial charge is 0.243 e. The molecule has 2 rings (SSSR count). The zero-order valence-electron chi connectivity index (χ0n) is 11.4. The summed E-state index contributed by atoms with van der Waals surface area (Å²) in [6.07, 6.45) is 2.27. The highest BCUT2D eigenvalue weighted by molar-refractivity contribution is 5.96. The molecule has 3 N–H and O–H groups in total. The van der Waals surface area contributed by atoms with Gasteiger partial charge in [0, 0.05) is 13.2 Å². The summed E-state index contributed by atoms with van der Waals surface area (Å²) in [4.78, 5) is 11.8. The van der Waals surface area contributed by atoms with Crippen LogP contribution in [0.15, 0.2) is 18.2 Å². The van der Waals surface area contributed by atoms with Crippen molar-refractivity contribution in [2.45, 2.75) is 18.9 Å². The number of rotatable bonds is 7. The number of halogens is 1. The van der Waals surface area contributed by atoms with Crippen molar-refractivity contribution < 1.29 is 18.7 Å². The molecule has 0 aliphatic heterocycles. The minimum Gasteiger partial charge on any atom is -0.491 e. The van der Waals surface area contributed by atoms with Gasteiger partial charge in [-0.05, 0) is 30.9 Å². The number of benzene rings is 1. The Morgan fingerprint density at radius 1 is 1.55 bits per heavy atom. The normalized spacial score (nSPS) is 15.8. The first-order chi connectivity index (χ1) is 9.60. The first-order valence-electron chi connectivity index (χ1n) is 6.58. The maximum absolute atomic E-state index is 13.3. The van der Waals surface area contributed by atoms with Crippen molar-refractivity contribution in [3.63, 3.8) is 0 Å². The average Bonchev–Trinajstić information content (AvgIpc) is 3.23. The second kappa shape index (κ2) is 6.67. The van der Waals surface area contributed by atoms with Gasteiger partial charge in [0.2, 0.25) is 5.91 Å². The molecule has 6 heteroatoms. The van der Waals surface area contributed by atoms with Gasteiger partial charge in [-0.25, -0.2) is 4.39 Å². The molecule has 5 nitrogen and oxygen atoms in total. The molecular weight excluding hydrogens is 263 g/mol. The van der Waals surface area contributed by atoms with E-state index in [4.69, 9.17) is 15.2 Å². The number of anilines is 1. The van der Waals surface area contributed by atoms with Gasteiger partial charge in [0.05, 0.1) is 18.9 Å². The third-order valence-electron chi connectivity index (χ3n) is 3.06. The highest BCUT2D eigenvalue weighted by Gasteiger charge is 2.23. The predicted molar refractivity (Wildman–Crippen MR) is 73.1 cm³/mol. The Morgan fingerprint density at radius 2 is 2.30 bits per heavy atom. The quantitative estimate of drug-likeness (QED) is 0.795. The summed E-state index contributed by atoms with van der Waals surface area (Å²) in [5, 5.41) is 2.63. The Hall–Kier alpha value is -1.66. The Morgan fingerprint density at radius 3 is 2.95 bits per heavy atom. The van der Waals surface area contributed by atoms with E-state index in [1.54, 1.807) is 0 Å². The molecule has 0 bridgehead atoms. The lowest BCUT2D eigenvalue weighted by atomic mass is 10.2. The lowest BCUT2D eigenvalue weighted by molar-refractivity contribution is -0.118. The van der Waals surface area contributed by atoms with Crippen LogP contribution < -0.4 is 15.8 Å². The van der Waals surface area contributed by atoms with E-state index in [0.29, 0.717) is 24.0 Å². The monoisotopic (exact) mass is 282 g/mol. The summed E-state index contributed by atoms with van der Waals surface area (Å²) in [5.41, 5.74) is 6.06. The number of nitrogens with one attached hydrogen (secondary N) is 1. The molecule has 0 spiro atoms. The second-order valence-electron chi connectivity index (χ2n) is 4.95. The minimum atomic E-state index is -0.777. The molecule has 0 radical (unpaired) electrons. The van der Waals surface area contributed by atoms with Gasteiger partial charge < -0.3 is 20.5 Å². The maximum atomic E-state index is 13.3. The van der Waals surface area contributed by atoms with Gasteiger partial charge in [0.25, 0.3) is 0 Å². The number of hydrogen-bond acceptors (Lipinski definition) is 4. The van der Waals surface area contributed by atoms with Crippen LogP contribution in [0, 0.1) is 11.7 Å². The largest absolute Gasteiger partial charge is 0.491 e. The minimum absolute atomic E-state index is 0.116. The Labute approximate surface area is 117 Å². The third kappa shape index (κ3) is 4.18. The summed E-state index contributed by atoms with van der Waals surface area (Å²) in [5.74, 6) is 0.0668. The molecule has 110 valence electrons. The van der Waals surface area contributed by atoms with E-state index in [9.17, 15) is 9.18 Å². The summed E-state index contributed by atoms with van der Waals surface area (Å²) in [7, 11) is 1.47. The lowest BCUT2D eigenvalue weighted by Gasteiger charge is -2.15. The van der Waals surface area contributed by atoms with Gasteiger partial charge in [0.1, 0.15) is 17.6 Å². The lowest BCUT2D eigenvalue weighted by Crippen LogP contribution is -2.39. The van der Waals surface area contributed by atoms with E-state index in [1.807, 2.05) is 0 Å². The van der Waals surface area contributed by atoms with Crippen molar-refractivity contribution in [1.29, 1.82) is 0 Å². The SMILES string of the molecule is COCC(N)C(=O)Nc1ccc(F)cc1OCC1CC1. The zero-order valence-corrected chi connectivity index (χ0v) is 11.4. The molecule has 1 unspecified atom stereocenters. The molecule has 1 aliphatic rings. The fraction of sp³-hybridized carbons (Fsp3) is 0.500. The molecular formula is C14H19FN2O3. The van der Waals surface area contributed by atoms with Gasteiger partial charge in [-0.3, -0.25) is 4.79 Å². The van der Waals surface area contributed by atoms with Crippen LogP contribution in [0.25, 0.3) is 0 Å². The van der Waals surface area contributed by atoms with Gasteiger partial charge in [0.15, 0.2) is 0 Å². The van der Waals surface area contributed by atoms with Crippen LogP contribution >= 0.6 is 0 Å². The van der Waals surface area contributed by atoms with Crippen LogP contribution in [0.5, 0.6) is 5.75 Å². The van der Waals surface area contributed by atoms with Crippen LogP contribution in [0.2, 0.25) is 0 Å². The van der Waals surface area contributed by atoms with Crippen molar-refractivity contribution in [1.82, 2.24) is 0 Å². The summed E-state index contributed by atoms with van der Waals surface area (Å²) in [6, 6.07) is 3.22. The van der Waals surface area contributed by atoms with Crippen molar-refractivity contribution in [2.24, 2.45) is 11.7 Å². The van der Waals surface area contributed by atoms with E-state index >= 15 is 0 Å². The molecule has 1 aliphatic carbocycles. The van der Waals surface area contributed by atoms with E-state index < -0.39 is 17.8 Å². The van der Waals surface area contributed by atoms with E-state index in [0.717, 1.165) is 12.8 Å². The number of nitrogens with two attached hydrogens (primary N) is 1. The molecule has 1 atom stereocenters. The fourth-order valence-corrected chi connectivity index (χ4v) is 1.69. The van der Waals surface area contributed by atoms with Crippen molar-refractivity contribution in [3.8, 4) is 5.75 Å². The Bertz CT molecular complexity index is 477. The molecule has 1 amide bonds. The van der Waals surface area contributed by atoms with Crippen LogP contribution in [0.1, 0.15) is 12.8 Å². The van der Waals surface area contributed by atoms with Gasteiger partial charge in [-0.1, -0.05) is 0 Å². The molecule has 1 fully saturated rings.